The molecule has 1 aliphatic heterocycles. The minimum absolute atomic E-state index is 0.0245. The number of aromatic nitrogens is 2. The lowest BCUT2D eigenvalue weighted by molar-refractivity contribution is -0.165. The topological polar surface area (TPSA) is 92.6 Å². The molecule has 0 aromatic carbocycles. The molecule has 2 atom stereocenters. The summed E-state index contributed by atoms with van der Waals surface area (Å²) in [6.07, 6.45) is 9.87. The van der Waals surface area contributed by atoms with Gasteiger partial charge in [-0.05, 0) is 69.1 Å². The summed E-state index contributed by atoms with van der Waals surface area (Å²) in [6, 6.07) is 7.36. The molecule has 1 amide bonds. The summed E-state index contributed by atoms with van der Waals surface area (Å²) >= 11 is 0. The molecule has 1 N–H and O–H groups in total. The van der Waals surface area contributed by atoms with Crippen molar-refractivity contribution in [3.8, 4) is 5.88 Å². The van der Waals surface area contributed by atoms with Gasteiger partial charge in [0.2, 0.25) is 11.8 Å². The summed E-state index contributed by atoms with van der Waals surface area (Å²) < 4.78 is 5.09. The number of carbonyl (C=O) groups is 2. The Balaban J connectivity index is 1.31. The summed E-state index contributed by atoms with van der Waals surface area (Å²) in [5, 5.41) is 9.40. The van der Waals surface area contributed by atoms with Crippen LogP contribution in [0.2, 0.25) is 0 Å². The minimum atomic E-state index is -0.935. The fourth-order valence-corrected chi connectivity index (χ4v) is 5.08. The number of β-lactam (4-membered cyclic amide) rings is 1. The molecule has 2 aromatic heterocycles. The highest BCUT2D eigenvalue weighted by molar-refractivity contribution is 5.89. The van der Waals surface area contributed by atoms with E-state index in [0.717, 1.165) is 44.2 Å². The number of amides is 1. The number of aliphatic carboxylic acids is 1. The normalized spacial score (nSPS) is 20.7. The van der Waals surface area contributed by atoms with Crippen molar-refractivity contribution in [2.24, 2.45) is 5.41 Å². The molecule has 0 radical (unpaired) electrons. The van der Waals surface area contributed by atoms with E-state index in [4.69, 9.17) is 9.72 Å². The van der Waals surface area contributed by atoms with Crippen molar-refractivity contribution in [1.82, 2.24) is 14.9 Å². The number of carbonyl (C=O) groups excluding carboxylic acids is 1. The quantitative estimate of drug-likeness (QED) is 0.431. The largest absolute Gasteiger partial charge is 0.481 e. The van der Waals surface area contributed by atoms with Gasteiger partial charge in [-0.25, -0.2) is 4.98 Å². The number of unbranched alkanes of at least 4 members (excludes halogenated alkanes) is 1. The zero-order valence-corrected chi connectivity index (χ0v) is 19.5. The number of ether oxygens (including phenoxy) is 1. The van der Waals surface area contributed by atoms with E-state index in [1.807, 2.05) is 6.92 Å². The Morgan fingerprint density at radius 1 is 1.21 bits per heavy atom. The first kappa shape index (κ1) is 23.2. The lowest BCUT2D eigenvalue weighted by Crippen LogP contribution is -2.61. The maximum atomic E-state index is 13.1. The first-order valence-electron chi connectivity index (χ1n) is 11.9. The van der Waals surface area contributed by atoms with E-state index in [0.29, 0.717) is 18.0 Å². The van der Waals surface area contributed by atoms with Crippen molar-refractivity contribution in [3.63, 3.8) is 0 Å². The fraction of sp³-hybridized carbons (Fsp3) is 0.538. The second-order valence-corrected chi connectivity index (χ2v) is 9.56. The van der Waals surface area contributed by atoms with Gasteiger partial charge in [-0.1, -0.05) is 18.6 Å². The third-order valence-corrected chi connectivity index (χ3v) is 7.04. The fourth-order valence-electron chi connectivity index (χ4n) is 5.08. The lowest BCUT2D eigenvalue weighted by atomic mass is 9.74. The van der Waals surface area contributed by atoms with Gasteiger partial charge < -0.3 is 14.7 Å². The van der Waals surface area contributed by atoms with Gasteiger partial charge >= 0.3 is 5.97 Å². The van der Waals surface area contributed by atoms with Gasteiger partial charge in [0.05, 0.1) is 25.0 Å². The molecule has 0 saturated carbocycles. The number of aryl methyl sites for hydroxylation is 3. The molecule has 4 rings (SSSR count). The standard InChI is InChI=1S/C26H33N3O4/c1-26(14-6-5-8-20-12-10-18-7-3-4-9-21(18)28-20)17-29(25(26)32)22(15-24(30)31)19-11-13-23(33-2)27-16-19/h10-13,16,22H,3-9,14-15,17H2,1-2H3,(H,30,31)/t22-,26?/m0/s1. The Morgan fingerprint density at radius 2 is 2.03 bits per heavy atom. The molecule has 7 nitrogen and oxygen atoms in total. The molecule has 1 unspecified atom stereocenters. The Hall–Kier alpha value is -2.96. The van der Waals surface area contributed by atoms with Gasteiger partial charge in [0.15, 0.2) is 0 Å². The molecule has 1 aliphatic carbocycles. The van der Waals surface area contributed by atoms with E-state index >= 15 is 0 Å². The SMILES string of the molecule is COc1ccc([C@H](CC(=O)O)N2CC(C)(CCCCc3ccc4c(n3)CCCC4)C2=O)cn1. The van der Waals surface area contributed by atoms with Crippen molar-refractivity contribution >= 4 is 11.9 Å². The van der Waals surface area contributed by atoms with Crippen LogP contribution in [0, 0.1) is 5.41 Å². The molecule has 3 heterocycles. The number of carboxylic acids is 1. The van der Waals surface area contributed by atoms with E-state index in [1.54, 1.807) is 23.2 Å². The van der Waals surface area contributed by atoms with Crippen LogP contribution in [-0.4, -0.2) is 45.5 Å². The molecule has 33 heavy (non-hydrogen) atoms. The third kappa shape index (κ3) is 5.18. The highest BCUT2D eigenvalue weighted by atomic mass is 16.5. The average molecular weight is 452 g/mol. The van der Waals surface area contributed by atoms with Crippen LogP contribution >= 0.6 is 0 Å². The maximum absolute atomic E-state index is 13.1. The van der Waals surface area contributed by atoms with Crippen LogP contribution in [0.15, 0.2) is 30.5 Å². The van der Waals surface area contributed by atoms with Gasteiger partial charge in [-0.3, -0.25) is 14.6 Å². The molecule has 2 aliphatic rings. The van der Waals surface area contributed by atoms with Gasteiger partial charge in [-0.15, -0.1) is 0 Å². The number of pyridine rings is 2. The molecular weight excluding hydrogens is 418 g/mol. The molecule has 1 fully saturated rings. The van der Waals surface area contributed by atoms with Crippen molar-refractivity contribution < 1.29 is 19.4 Å². The molecule has 1 saturated heterocycles. The number of hydrogen-bond acceptors (Lipinski definition) is 5. The Kier molecular flexibility index (Phi) is 6.96. The Morgan fingerprint density at radius 3 is 2.73 bits per heavy atom. The summed E-state index contributed by atoms with van der Waals surface area (Å²) in [5.41, 5.74) is 4.11. The lowest BCUT2D eigenvalue weighted by Gasteiger charge is -2.50. The molecule has 2 aromatic rings. The Labute approximate surface area is 195 Å². The van der Waals surface area contributed by atoms with Gasteiger partial charge in [0, 0.05) is 30.2 Å². The first-order valence-corrected chi connectivity index (χ1v) is 11.9. The number of fused-ring (bicyclic) bond motifs is 1. The number of nitrogens with zero attached hydrogens (tertiary/aromatic N) is 3. The van der Waals surface area contributed by atoms with Gasteiger partial charge in [0.25, 0.3) is 0 Å². The summed E-state index contributed by atoms with van der Waals surface area (Å²) in [5.74, 6) is -0.452. The van der Waals surface area contributed by atoms with Crippen LogP contribution in [0.4, 0.5) is 0 Å². The van der Waals surface area contributed by atoms with Crippen molar-refractivity contribution in [2.45, 2.75) is 70.8 Å². The van der Waals surface area contributed by atoms with Gasteiger partial charge in [-0.2, -0.15) is 0 Å². The molecule has 7 heteroatoms. The van der Waals surface area contributed by atoms with E-state index in [1.165, 1.54) is 31.2 Å². The predicted molar refractivity (Wildman–Crippen MR) is 124 cm³/mol. The van der Waals surface area contributed by atoms with Crippen molar-refractivity contribution in [3.05, 3.63) is 53.0 Å². The smallest absolute Gasteiger partial charge is 0.305 e. The number of rotatable bonds is 10. The highest BCUT2D eigenvalue weighted by Gasteiger charge is 2.50. The first-order chi connectivity index (χ1) is 15.9. The molecule has 176 valence electrons. The Bertz CT molecular complexity index is 1010. The zero-order valence-electron chi connectivity index (χ0n) is 19.5. The maximum Gasteiger partial charge on any atom is 0.305 e. The predicted octanol–water partition coefficient (Wildman–Crippen LogP) is 4.14. The number of methoxy groups -OCH3 is 1. The van der Waals surface area contributed by atoms with Crippen molar-refractivity contribution in [1.29, 1.82) is 0 Å². The second-order valence-electron chi connectivity index (χ2n) is 9.56. The highest BCUT2D eigenvalue weighted by Crippen LogP contribution is 2.42. The number of hydrogen-bond donors (Lipinski definition) is 1. The summed E-state index contributed by atoms with van der Waals surface area (Å²) in [6.45, 7) is 2.56. The number of likely N-dealkylation sites (tertiary alicyclic amines) is 1. The molecule has 0 spiro atoms. The third-order valence-electron chi connectivity index (χ3n) is 7.04. The molecule has 0 bridgehead atoms. The van der Waals surface area contributed by atoms with Crippen LogP contribution in [0.1, 0.15) is 74.0 Å². The zero-order chi connectivity index (χ0) is 23.4. The van der Waals surface area contributed by atoms with Crippen LogP contribution in [-0.2, 0) is 28.9 Å². The van der Waals surface area contributed by atoms with Crippen LogP contribution in [0.25, 0.3) is 0 Å². The van der Waals surface area contributed by atoms with Gasteiger partial charge in [0.1, 0.15) is 0 Å². The molecular formula is C26H33N3O4. The monoisotopic (exact) mass is 451 g/mol. The van der Waals surface area contributed by atoms with E-state index in [9.17, 15) is 14.7 Å². The summed E-state index contributed by atoms with van der Waals surface area (Å²) in [7, 11) is 1.53. The average Bonchev–Trinajstić information content (AvgIpc) is 2.83. The number of carboxylic acid groups (broad SMARTS) is 1. The summed E-state index contributed by atoms with van der Waals surface area (Å²) in [4.78, 5) is 35.3. The minimum Gasteiger partial charge on any atom is -0.481 e. The van der Waals surface area contributed by atoms with Crippen LogP contribution in [0.5, 0.6) is 5.88 Å². The van der Waals surface area contributed by atoms with E-state index in [-0.39, 0.29) is 12.3 Å². The van der Waals surface area contributed by atoms with E-state index in [2.05, 4.69) is 17.1 Å². The van der Waals surface area contributed by atoms with Crippen molar-refractivity contribution in [2.75, 3.05) is 13.7 Å². The van der Waals surface area contributed by atoms with Crippen LogP contribution < -0.4 is 4.74 Å². The van der Waals surface area contributed by atoms with E-state index < -0.39 is 17.4 Å². The van der Waals surface area contributed by atoms with Crippen LogP contribution in [0.3, 0.4) is 0 Å². The second kappa shape index (κ2) is 9.89.